The Kier molecular flexibility index (Phi) is 5.95. The summed E-state index contributed by atoms with van der Waals surface area (Å²) < 4.78 is 11.7. The predicted molar refractivity (Wildman–Crippen MR) is 117 cm³/mol. The molecule has 3 heterocycles. The van der Waals surface area contributed by atoms with E-state index in [2.05, 4.69) is 42.8 Å². The van der Waals surface area contributed by atoms with E-state index in [9.17, 15) is 0 Å². The third-order valence-electron chi connectivity index (χ3n) is 6.99. The van der Waals surface area contributed by atoms with Crippen molar-refractivity contribution >= 4 is 5.69 Å². The number of anilines is 1. The van der Waals surface area contributed by atoms with Crippen molar-refractivity contribution in [2.24, 2.45) is 5.92 Å². The Bertz CT molecular complexity index is 833. The molecule has 2 unspecified atom stereocenters. The molecule has 0 radical (unpaired) electrons. The van der Waals surface area contributed by atoms with Gasteiger partial charge in [0.05, 0.1) is 11.4 Å². The summed E-state index contributed by atoms with van der Waals surface area (Å²) in [6.45, 7) is 10.4. The van der Waals surface area contributed by atoms with Crippen LogP contribution in [-0.4, -0.2) is 42.2 Å². The van der Waals surface area contributed by atoms with E-state index in [1.807, 2.05) is 24.4 Å². The molecule has 4 rings (SSSR count). The van der Waals surface area contributed by atoms with Gasteiger partial charge in [-0.25, -0.2) is 0 Å². The molecule has 1 aromatic heterocycles. The standard InChI is InChI=1S/C24H33N3O2/c1-16(17(2)23-21(25)7-5-11-26-23)18(3)27-12-9-19(10-13-27)20-6-4-8-22-24(20)29-15-14-28-22/h4-8,11,16-19H,9-10,12-15,25H2,1-3H3/t16?,17-,18?/m1/s1. The summed E-state index contributed by atoms with van der Waals surface area (Å²) in [7, 11) is 0. The molecule has 1 saturated heterocycles. The Balaban J connectivity index is 1.40. The molecule has 2 N–H and O–H groups in total. The first-order valence-electron chi connectivity index (χ1n) is 10.9. The van der Waals surface area contributed by atoms with Crippen molar-refractivity contribution in [2.75, 3.05) is 32.0 Å². The van der Waals surface area contributed by atoms with Crippen LogP contribution in [0.3, 0.4) is 0 Å². The van der Waals surface area contributed by atoms with Crippen molar-refractivity contribution in [3.8, 4) is 11.5 Å². The van der Waals surface area contributed by atoms with Crippen molar-refractivity contribution in [3.05, 3.63) is 47.8 Å². The van der Waals surface area contributed by atoms with Gasteiger partial charge in [0.1, 0.15) is 13.2 Å². The normalized spacial score (nSPS) is 20.8. The number of piperidine rings is 1. The molecule has 0 spiro atoms. The Morgan fingerprint density at radius 3 is 2.55 bits per heavy atom. The second-order valence-corrected chi connectivity index (χ2v) is 8.55. The van der Waals surface area contributed by atoms with E-state index in [0.29, 0.717) is 37.0 Å². The summed E-state index contributed by atoms with van der Waals surface area (Å²) >= 11 is 0. The van der Waals surface area contributed by atoms with E-state index in [1.54, 1.807) is 0 Å². The molecule has 29 heavy (non-hydrogen) atoms. The molecule has 156 valence electrons. The van der Waals surface area contributed by atoms with Crippen LogP contribution in [0.4, 0.5) is 5.69 Å². The maximum Gasteiger partial charge on any atom is 0.164 e. The number of ether oxygens (including phenoxy) is 2. The van der Waals surface area contributed by atoms with Gasteiger partial charge in [-0.1, -0.05) is 26.0 Å². The number of rotatable bonds is 5. The van der Waals surface area contributed by atoms with Crippen LogP contribution >= 0.6 is 0 Å². The second kappa shape index (κ2) is 8.62. The van der Waals surface area contributed by atoms with Crippen LogP contribution in [-0.2, 0) is 0 Å². The monoisotopic (exact) mass is 395 g/mol. The van der Waals surface area contributed by atoms with Gasteiger partial charge >= 0.3 is 0 Å². The number of nitrogens with zero attached hydrogens (tertiary/aromatic N) is 2. The number of hydrogen-bond acceptors (Lipinski definition) is 5. The number of nitrogens with two attached hydrogens (primary N) is 1. The van der Waals surface area contributed by atoms with E-state index in [1.165, 1.54) is 5.56 Å². The molecule has 0 bridgehead atoms. The highest BCUT2D eigenvalue weighted by Gasteiger charge is 2.31. The lowest BCUT2D eigenvalue weighted by Gasteiger charge is -2.40. The molecule has 1 aromatic carbocycles. The molecular formula is C24H33N3O2. The number of benzene rings is 1. The fourth-order valence-electron chi connectivity index (χ4n) is 4.85. The van der Waals surface area contributed by atoms with Crippen LogP contribution in [0.25, 0.3) is 0 Å². The lowest BCUT2D eigenvalue weighted by molar-refractivity contribution is 0.114. The Labute approximate surface area is 174 Å². The zero-order valence-electron chi connectivity index (χ0n) is 17.8. The molecule has 3 atom stereocenters. The fraction of sp³-hybridized carbons (Fsp3) is 0.542. The summed E-state index contributed by atoms with van der Waals surface area (Å²) in [6.07, 6.45) is 4.14. The zero-order valence-corrected chi connectivity index (χ0v) is 17.8. The number of fused-ring (bicyclic) bond motifs is 1. The van der Waals surface area contributed by atoms with E-state index in [4.69, 9.17) is 15.2 Å². The van der Waals surface area contributed by atoms with Gasteiger partial charge in [-0.3, -0.25) is 4.98 Å². The third-order valence-corrected chi connectivity index (χ3v) is 6.99. The smallest absolute Gasteiger partial charge is 0.164 e. The molecule has 5 heteroatoms. The molecule has 2 aromatic rings. The second-order valence-electron chi connectivity index (χ2n) is 8.55. The molecule has 0 saturated carbocycles. The summed E-state index contributed by atoms with van der Waals surface area (Å²) in [5.41, 5.74) is 9.32. The first-order valence-corrected chi connectivity index (χ1v) is 10.9. The minimum absolute atomic E-state index is 0.329. The first kappa shape index (κ1) is 20.0. The van der Waals surface area contributed by atoms with Gasteiger partial charge in [0, 0.05) is 23.7 Å². The summed E-state index contributed by atoms with van der Waals surface area (Å²) in [4.78, 5) is 7.18. The van der Waals surface area contributed by atoms with Crippen LogP contribution in [0, 0.1) is 5.92 Å². The van der Waals surface area contributed by atoms with Crippen molar-refractivity contribution in [1.82, 2.24) is 9.88 Å². The molecule has 2 aliphatic rings. The number of nitrogen functional groups attached to an aromatic ring is 1. The third kappa shape index (κ3) is 4.06. The average molecular weight is 396 g/mol. The largest absolute Gasteiger partial charge is 0.486 e. The van der Waals surface area contributed by atoms with E-state index >= 15 is 0 Å². The summed E-state index contributed by atoms with van der Waals surface area (Å²) in [5, 5.41) is 0. The van der Waals surface area contributed by atoms with Crippen LogP contribution in [0.15, 0.2) is 36.5 Å². The summed E-state index contributed by atoms with van der Waals surface area (Å²) in [5.74, 6) is 3.22. The van der Waals surface area contributed by atoms with Gasteiger partial charge in [0.15, 0.2) is 11.5 Å². The van der Waals surface area contributed by atoms with Gasteiger partial charge in [-0.15, -0.1) is 0 Å². The number of aromatic nitrogens is 1. The number of pyridine rings is 1. The maximum atomic E-state index is 6.18. The van der Waals surface area contributed by atoms with Gasteiger partial charge in [-0.2, -0.15) is 0 Å². The van der Waals surface area contributed by atoms with E-state index in [-0.39, 0.29) is 0 Å². The van der Waals surface area contributed by atoms with Crippen LogP contribution in [0.5, 0.6) is 11.5 Å². The predicted octanol–water partition coefficient (Wildman–Crippen LogP) is 4.44. The average Bonchev–Trinajstić information content (AvgIpc) is 2.77. The minimum atomic E-state index is 0.329. The number of hydrogen-bond donors (Lipinski definition) is 1. The topological polar surface area (TPSA) is 60.6 Å². The van der Waals surface area contributed by atoms with Gasteiger partial charge in [0.2, 0.25) is 0 Å². The van der Waals surface area contributed by atoms with Crippen LogP contribution in [0.1, 0.15) is 56.7 Å². The summed E-state index contributed by atoms with van der Waals surface area (Å²) in [6, 6.07) is 10.7. The molecule has 0 aliphatic carbocycles. The molecular weight excluding hydrogens is 362 g/mol. The highest BCUT2D eigenvalue weighted by Crippen LogP contribution is 2.42. The van der Waals surface area contributed by atoms with Crippen molar-refractivity contribution < 1.29 is 9.47 Å². The molecule has 0 amide bonds. The van der Waals surface area contributed by atoms with Gasteiger partial charge < -0.3 is 20.1 Å². The minimum Gasteiger partial charge on any atom is -0.486 e. The van der Waals surface area contributed by atoms with Gasteiger partial charge in [-0.05, 0) is 62.9 Å². The SMILES string of the molecule is CC(C(C)N1CCC(c2cccc3c2OCCO3)CC1)[C@@H](C)c1ncccc1N. The van der Waals surface area contributed by atoms with E-state index < -0.39 is 0 Å². The Morgan fingerprint density at radius 2 is 1.79 bits per heavy atom. The maximum absolute atomic E-state index is 6.18. The van der Waals surface area contributed by atoms with Crippen molar-refractivity contribution in [3.63, 3.8) is 0 Å². The highest BCUT2D eigenvalue weighted by atomic mass is 16.6. The van der Waals surface area contributed by atoms with Crippen LogP contribution in [0.2, 0.25) is 0 Å². The molecule has 1 fully saturated rings. The lowest BCUT2D eigenvalue weighted by Crippen LogP contribution is -2.44. The van der Waals surface area contributed by atoms with Gasteiger partial charge in [0.25, 0.3) is 0 Å². The lowest BCUT2D eigenvalue weighted by atomic mass is 9.83. The zero-order chi connectivity index (χ0) is 20.4. The van der Waals surface area contributed by atoms with Crippen molar-refractivity contribution in [2.45, 2.75) is 51.5 Å². The van der Waals surface area contributed by atoms with Crippen LogP contribution < -0.4 is 15.2 Å². The fourth-order valence-corrected chi connectivity index (χ4v) is 4.85. The highest BCUT2D eigenvalue weighted by molar-refractivity contribution is 5.49. The molecule has 5 nitrogen and oxygen atoms in total. The van der Waals surface area contributed by atoms with Crippen molar-refractivity contribution in [1.29, 1.82) is 0 Å². The quantitative estimate of drug-likeness (QED) is 0.811. The Hall–Kier alpha value is -2.27. The number of para-hydroxylation sites is 1. The first-order chi connectivity index (χ1) is 14.1. The number of likely N-dealkylation sites (tertiary alicyclic amines) is 1. The Morgan fingerprint density at radius 1 is 1.03 bits per heavy atom. The molecule has 2 aliphatic heterocycles. The van der Waals surface area contributed by atoms with E-state index in [0.717, 1.165) is 48.8 Å².